The van der Waals surface area contributed by atoms with Crippen molar-refractivity contribution in [1.82, 2.24) is 40.5 Å². The van der Waals surface area contributed by atoms with Gasteiger partial charge in [-0.3, -0.25) is 24.0 Å². The smallest absolute Gasteiger partial charge is 0.253 e. The van der Waals surface area contributed by atoms with Crippen molar-refractivity contribution in [1.29, 1.82) is 0 Å². The summed E-state index contributed by atoms with van der Waals surface area (Å²) in [5, 5.41) is 24.7. The number of thiazole rings is 1. The van der Waals surface area contributed by atoms with Crippen molar-refractivity contribution in [3.05, 3.63) is 101 Å². The number of unbranched alkanes of at least 4 members (excludes halogenated alkanes) is 5. The maximum atomic E-state index is 14.1. The Kier molecular flexibility index (Phi) is 17.7. The van der Waals surface area contributed by atoms with Gasteiger partial charge in [0, 0.05) is 56.7 Å². The Morgan fingerprint density at radius 3 is 2.16 bits per heavy atom. The Labute approximate surface area is 444 Å². The molecule has 5 heterocycles. The lowest BCUT2D eigenvalue weighted by atomic mass is 9.85. The molecule has 3 saturated heterocycles. The summed E-state index contributed by atoms with van der Waals surface area (Å²) in [6, 6.07) is 22.5. The van der Waals surface area contributed by atoms with Crippen LogP contribution in [0.4, 0.5) is 11.5 Å². The van der Waals surface area contributed by atoms with Gasteiger partial charge in [-0.2, -0.15) is 0 Å². The predicted octanol–water partition coefficient (Wildman–Crippen LogP) is 7.94. The molecule has 3 aromatic carbocycles. The molecule has 5 aromatic rings. The van der Waals surface area contributed by atoms with Crippen LogP contribution in [0, 0.1) is 12.3 Å². The van der Waals surface area contributed by atoms with Gasteiger partial charge in [0.05, 0.1) is 46.6 Å². The molecule has 3 aliphatic rings. The Bertz CT molecular complexity index is 2780. The van der Waals surface area contributed by atoms with Crippen LogP contribution in [-0.2, 0) is 19.2 Å². The zero-order valence-electron chi connectivity index (χ0n) is 43.9. The largest absolute Gasteiger partial charge is 0.507 e. The Hall–Kier alpha value is -7.08. The number of piperazine rings is 1. The van der Waals surface area contributed by atoms with Crippen molar-refractivity contribution in [2.75, 3.05) is 56.4 Å². The molecule has 3 fully saturated rings. The third-order valence-corrected chi connectivity index (χ3v) is 15.5. The molecule has 75 heavy (non-hydrogen) atoms. The van der Waals surface area contributed by atoms with E-state index in [1.54, 1.807) is 63.6 Å². The zero-order valence-corrected chi connectivity index (χ0v) is 44.7. The average Bonchev–Trinajstić information content (AvgIpc) is 4.07. The molecular formula is C57H72N10O7S. The number of rotatable bonds is 20. The van der Waals surface area contributed by atoms with Crippen molar-refractivity contribution >= 4 is 52.4 Å². The first kappa shape index (κ1) is 54.2. The highest BCUT2D eigenvalue weighted by atomic mass is 32.1. The highest BCUT2D eigenvalue weighted by Gasteiger charge is 2.42. The molecule has 0 saturated carbocycles. The van der Waals surface area contributed by atoms with E-state index in [0.29, 0.717) is 106 Å². The minimum atomic E-state index is -0.766. The third-order valence-electron chi connectivity index (χ3n) is 14.6. The molecule has 0 aliphatic carbocycles. The predicted molar refractivity (Wildman–Crippen MR) is 291 cm³/mol. The fourth-order valence-corrected chi connectivity index (χ4v) is 10.9. The number of para-hydroxylation sites is 1. The number of nitrogens with one attached hydrogen (secondary N) is 2. The summed E-state index contributed by atoms with van der Waals surface area (Å²) in [4.78, 5) is 80.3. The van der Waals surface area contributed by atoms with Crippen LogP contribution in [0.15, 0.2) is 84.4 Å². The van der Waals surface area contributed by atoms with Crippen LogP contribution in [0.1, 0.15) is 120 Å². The normalized spacial score (nSPS) is 16.8. The molecule has 8 rings (SSSR count). The number of phenols is 1. The van der Waals surface area contributed by atoms with Gasteiger partial charge in [-0.1, -0.05) is 82.9 Å². The van der Waals surface area contributed by atoms with Crippen LogP contribution in [0.2, 0.25) is 0 Å². The van der Waals surface area contributed by atoms with Gasteiger partial charge in [0.25, 0.3) is 5.91 Å². The highest BCUT2D eigenvalue weighted by Crippen LogP contribution is 2.35. The van der Waals surface area contributed by atoms with Crippen LogP contribution >= 0.6 is 11.3 Å². The van der Waals surface area contributed by atoms with Crippen molar-refractivity contribution in [2.24, 2.45) is 5.41 Å². The number of aromatic nitrogens is 3. The molecule has 17 nitrogen and oxygen atoms in total. The molecule has 398 valence electrons. The van der Waals surface area contributed by atoms with Gasteiger partial charge in [-0.25, -0.2) is 4.98 Å². The Balaban J connectivity index is 0.681. The lowest BCUT2D eigenvalue weighted by molar-refractivity contribution is -0.144. The number of nitrogens with zero attached hydrogens (tertiary/aromatic N) is 7. The number of aryl methyl sites for hydroxylation is 1. The van der Waals surface area contributed by atoms with Crippen molar-refractivity contribution in [3.63, 3.8) is 0 Å². The van der Waals surface area contributed by atoms with Crippen LogP contribution in [0.5, 0.6) is 11.5 Å². The van der Waals surface area contributed by atoms with Crippen molar-refractivity contribution in [3.8, 4) is 33.2 Å². The Morgan fingerprint density at radius 1 is 0.827 bits per heavy atom. The average molecular weight is 1040 g/mol. The standard InChI is InChI=1S/C57H72N10O7S/c1-37(39-20-22-40(23-21-39)51-38(2)59-36-75-51)60-54(71)46-16-14-28-67(46)56(73)52(57(3,4)5)61-49(69)18-10-8-6-7-9-11-19-50(70)64-29-31-65(32-30-64)55(72)41-24-26-42(27-25-41)74-43-34-66(35-43)47-33-45(62-63-53(47)58)44-15-12-13-17-48(44)68/h12-13,15,17,20-27,33,36-37,43,46,52,68H,6-11,14,16,18-19,28-32,34-35H2,1-5H3,(H2,58,63)(H,60,71)(H,61,69)/t37-,46-,52+/m0/s1. The van der Waals surface area contributed by atoms with Crippen molar-refractivity contribution < 1.29 is 33.8 Å². The van der Waals surface area contributed by atoms with E-state index in [9.17, 15) is 29.1 Å². The number of amides is 5. The number of anilines is 2. The van der Waals surface area contributed by atoms with E-state index in [-0.39, 0.29) is 47.4 Å². The topological polar surface area (TPSA) is 217 Å². The molecule has 3 atom stereocenters. The number of nitrogens with two attached hydrogens (primary N) is 1. The quantitative estimate of drug-likeness (QED) is 0.0547. The lowest BCUT2D eigenvalue weighted by Gasteiger charge is -2.40. The molecule has 0 unspecified atom stereocenters. The molecule has 18 heteroatoms. The van der Waals surface area contributed by atoms with Gasteiger partial charge >= 0.3 is 0 Å². The molecule has 0 radical (unpaired) electrons. The molecule has 0 spiro atoms. The van der Waals surface area contributed by atoms with Gasteiger partial charge < -0.3 is 45.8 Å². The second-order valence-corrected chi connectivity index (χ2v) is 22.0. The Morgan fingerprint density at radius 2 is 1.49 bits per heavy atom. The van der Waals surface area contributed by atoms with E-state index in [1.807, 2.05) is 86.3 Å². The second-order valence-electron chi connectivity index (χ2n) is 21.2. The van der Waals surface area contributed by atoms with Crippen LogP contribution < -0.4 is 26.0 Å². The SMILES string of the molecule is Cc1ncsc1-c1ccc([C@H](C)NC(=O)[C@@H]2CCCN2C(=O)[C@@H](NC(=O)CCCCCCCCC(=O)N2CCN(C(=O)c3ccc(OC4CN(c5cc(-c6ccccc6O)nnc5N)C4)cc3)CC2)C(C)(C)C)cc1. The number of carbonyl (C=O) groups excluding carboxylic acids is 5. The van der Waals surface area contributed by atoms with Gasteiger partial charge in [0.15, 0.2) is 5.82 Å². The molecule has 5 amide bonds. The number of likely N-dealkylation sites (tertiary alicyclic amines) is 1. The van der Waals surface area contributed by atoms with E-state index in [1.165, 1.54) is 0 Å². The minimum Gasteiger partial charge on any atom is -0.507 e. The van der Waals surface area contributed by atoms with E-state index < -0.39 is 17.5 Å². The summed E-state index contributed by atoms with van der Waals surface area (Å²) < 4.78 is 6.18. The third kappa shape index (κ3) is 13.6. The van der Waals surface area contributed by atoms with Gasteiger partial charge in [0.2, 0.25) is 23.6 Å². The number of ether oxygens (including phenoxy) is 1. The molecule has 0 bridgehead atoms. The number of benzene rings is 3. The number of hydrogen-bond donors (Lipinski definition) is 4. The fourth-order valence-electron chi connectivity index (χ4n) is 10.1. The minimum absolute atomic E-state index is 0.0756. The van der Waals surface area contributed by atoms with Gasteiger partial charge in [0.1, 0.15) is 29.7 Å². The maximum Gasteiger partial charge on any atom is 0.253 e. The highest BCUT2D eigenvalue weighted by molar-refractivity contribution is 7.13. The summed E-state index contributed by atoms with van der Waals surface area (Å²) >= 11 is 1.60. The summed E-state index contributed by atoms with van der Waals surface area (Å²) in [6.07, 6.45) is 7.14. The van der Waals surface area contributed by atoms with E-state index in [2.05, 4.69) is 25.8 Å². The number of phenolic OH excluding ortho intramolecular Hbond substituents is 1. The number of nitrogen functional groups attached to an aromatic ring is 1. The van der Waals surface area contributed by atoms with E-state index >= 15 is 0 Å². The molecular weight excluding hydrogens is 969 g/mol. The summed E-state index contributed by atoms with van der Waals surface area (Å²) in [5.41, 5.74) is 12.9. The van der Waals surface area contributed by atoms with Gasteiger partial charge in [-0.05, 0) is 98.5 Å². The molecule has 5 N–H and O–H groups in total. The van der Waals surface area contributed by atoms with Crippen LogP contribution in [-0.4, -0.2) is 129 Å². The van der Waals surface area contributed by atoms with Crippen LogP contribution in [0.3, 0.4) is 0 Å². The van der Waals surface area contributed by atoms with E-state index in [0.717, 1.165) is 59.5 Å². The fraction of sp³-hybridized carbons (Fsp3) is 0.474. The maximum absolute atomic E-state index is 14.1. The first-order valence-electron chi connectivity index (χ1n) is 26.4. The summed E-state index contributed by atoms with van der Waals surface area (Å²) in [5.74, 6) is 0.526. The zero-order chi connectivity index (χ0) is 53.2. The molecule has 3 aliphatic heterocycles. The monoisotopic (exact) mass is 1040 g/mol. The summed E-state index contributed by atoms with van der Waals surface area (Å²) in [7, 11) is 0. The second kappa shape index (κ2) is 24.5. The molecule has 2 aromatic heterocycles. The van der Waals surface area contributed by atoms with E-state index in [4.69, 9.17) is 10.5 Å². The number of carbonyl (C=O) groups is 5. The first-order valence-corrected chi connectivity index (χ1v) is 27.3. The first-order chi connectivity index (χ1) is 36.0. The number of hydrogen-bond acceptors (Lipinski definition) is 13. The lowest BCUT2D eigenvalue weighted by Crippen LogP contribution is -2.57. The van der Waals surface area contributed by atoms with Gasteiger partial charge in [-0.15, -0.1) is 21.5 Å². The van der Waals surface area contributed by atoms with Crippen LogP contribution in [0.25, 0.3) is 21.7 Å². The summed E-state index contributed by atoms with van der Waals surface area (Å²) in [6.45, 7) is 13.3. The van der Waals surface area contributed by atoms with Crippen molar-refractivity contribution in [2.45, 2.75) is 123 Å². The number of aromatic hydroxyl groups is 1.